The van der Waals surface area contributed by atoms with Crippen LogP contribution in [0.15, 0.2) is 0 Å². The van der Waals surface area contributed by atoms with Crippen molar-refractivity contribution in [3.63, 3.8) is 0 Å². The molecule has 0 aromatic heterocycles. The molecule has 1 atom stereocenters. The number of nitrogens with one attached hydrogen (secondary N) is 1. The van der Waals surface area contributed by atoms with Gasteiger partial charge in [-0.05, 0) is 26.3 Å². The predicted octanol–water partition coefficient (Wildman–Crippen LogP) is 0.944. The number of carbonyl (C=O) groups is 1. The number of hydrogen-bond acceptors (Lipinski definition) is 4. The largest absolute Gasteiger partial charge is 0.351 e. The van der Waals surface area contributed by atoms with E-state index in [0.29, 0.717) is 19.0 Å². The van der Waals surface area contributed by atoms with Gasteiger partial charge in [-0.25, -0.2) is 8.42 Å². The first kappa shape index (κ1) is 15.8. The van der Waals surface area contributed by atoms with Crippen molar-refractivity contribution in [1.29, 1.82) is 0 Å². The highest BCUT2D eigenvalue weighted by Crippen LogP contribution is 2.20. The van der Waals surface area contributed by atoms with E-state index in [-0.39, 0.29) is 23.5 Å². The zero-order valence-electron chi connectivity index (χ0n) is 12.3. The van der Waals surface area contributed by atoms with Crippen LogP contribution in [0.1, 0.15) is 44.9 Å². The van der Waals surface area contributed by atoms with Gasteiger partial charge in [0.15, 0.2) is 9.84 Å². The van der Waals surface area contributed by atoms with Gasteiger partial charge in [-0.2, -0.15) is 0 Å². The molecule has 2 aliphatic rings. The summed E-state index contributed by atoms with van der Waals surface area (Å²) in [6.07, 6.45) is 7.99. The van der Waals surface area contributed by atoms with Crippen molar-refractivity contribution in [3.8, 4) is 0 Å². The van der Waals surface area contributed by atoms with Gasteiger partial charge in [0.05, 0.1) is 18.1 Å². The summed E-state index contributed by atoms with van der Waals surface area (Å²) in [4.78, 5) is 14.1. The molecule has 0 bridgehead atoms. The van der Waals surface area contributed by atoms with Crippen molar-refractivity contribution in [1.82, 2.24) is 10.2 Å². The van der Waals surface area contributed by atoms with Crippen LogP contribution in [0.4, 0.5) is 0 Å². The molecule has 1 amide bonds. The molecule has 0 radical (unpaired) electrons. The first-order valence-corrected chi connectivity index (χ1v) is 9.48. The second-order valence-corrected chi connectivity index (χ2v) is 8.46. The lowest BCUT2D eigenvalue weighted by Gasteiger charge is -2.26. The molecule has 116 valence electrons. The van der Waals surface area contributed by atoms with Crippen LogP contribution in [-0.4, -0.2) is 56.4 Å². The fourth-order valence-corrected chi connectivity index (χ4v) is 4.91. The molecular formula is C14H26N2O3S. The Hall–Kier alpha value is -0.620. The lowest BCUT2D eigenvalue weighted by atomic mass is 10.1. The Kier molecular flexibility index (Phi) is 5.43. The molecule has 0 aromatic rings. The van der Waals surface area contributed by atoms with E-state index in [2.05, 4.69) is 10.2 Å². The van der Waals surface area contributed by atoms with E-state index in [1.54, 1.807) is 0 Å². The quantitative estimate of drug-likeness (QED) is 0.785. The van der Waals surface area contributed by atoms with E-state index in [9.17, 15) is 13.2 Å². The second kappa shape index (κ2) is 6.89. The highest BCUT2D eigenvalue weighted by atomic mass is 32.2. The monoisotopic (exact) mass is 302 g/mol. The molecule has 1 aliphatic heterocycles. The molecule has 20 heavy (non-hydrogen) atoms. The number of amides is 1. The van der Waals surface area contributed by atoms with Crippen molar-refractivity contribution in [2.24, 2.45) is 0 Å². The summed E-state index contributed by atoms with van der Waals surface area (Å²) in [5.41, 5.74) is 0. The minimum atomic E-state index is -2.92. The highest BCUT2D eigenvalue weighted by Gasteiger charge is 2.29. The van der Waals surface area contributed by atoms with E-state index >= 15 is 0 Å². The molecule has 1 heterocycles. The van der Waals surface area contributed by atoms with E-state index in [1.807, 2.05) is 7.05 Å². The van der Waals surface area contributed by atoms with Gasteiger partial charge in [-0.3, -0.25) is 9.69 Å². The smallest absolute Gasteiger partial charge is 0.234 e. The topological polar surface area (TPSA) is 66.5 Å². The molecule has 0 unspecified atom stereocenters. The third kappa shape index (κ3) is 4.74. The minimum Gasteiger partial charge on any atom is -0.351 e. The van der Waals surface area contributed by atoms with E-state index in [0.717, 1.165) is 0 Å². The maximum atomic E-state index is 12.0. The van der Waals surface area contributed by atoms with Crippen molar-refractivity contribution >= 4 is 15.7 Å². The van der Waals surface area contributed by atoms with Crippen LogP contribution in [0.25, 0.3) is 0 Å². The standard InChI is InChI=1S/C14H26N2O3S/c1-16(13-6-4-2-3-5-7-13)10-14(17)15-12-8-9-20(18,19)11-12/h12-13H,2-11H2,1H3,(H,15,17)/t12-/m0/s1. The summed E-state index contributed by atoms with van der Waals surface area (Å²) in [6.45, 7) is 0.376. The SMILES string of the molecule is CN(CC(=O)N[C@H]1CCS(=O)(=O)C1)C1CCCCCC1. The second-order valence-electron chi connectivity index (χ2n) is 6.23. The Morgan fingerprint density at radius 3 is 2.35 bits per heavy atom. The Balaban J connectivity index is 1.76. The van der Waals surface area contributed by atoms with Crippen molar-refractivity contribution < 1.29 is 13.2 Å². The first-order chi connectivity index (χ1) is 9.46. The van der Waals surface area contributed by atoms with E-state index < -0.39 is 9.84 Å². The van der Waals surface area contributed by atoms with Gasteiger partial charge in [0, 0.05) is 12.1 Å². The molecule has 2 rings (SSSR count). The Labute approximate surface area is 122 Å². The normalized spacial score (nSPS) is 27.4. The summed E-state index contributed by atoms with van der Waals surface area (Å²) in [5, 5.41) is 2.86. The summed E-state index contributed by atoms with van der Waals surface area (Å²) < 4.78 is 22.7. The molecule has 1 aliphatic carbocycles. The average Bonchev–Trinajstić information content (AvgIpc) is 2.59. The van der Waals surface area contributed by atoms with Gasteiger partial charge in [-0.1, -0.05) is 25.7 Å². The van der Waals surface area contributed by atoms with Gasteiger partial charge < -0.3 is 5.32 Å². The van der Waals surface area contributed by atoms with Gasteiger partial charge in [0.25, 0.3) is 0 Å². The van der Waals surface area contributed by atoms with Crippen LogP contribution < -0.4 is 5.32 Å². The Morgan fingerprint density at radius 2 is 1.80 bits per heavy atom. The molecule has 1 saturated heterocycles. The summed E-state index contributed by atoms with van der Waals surface area (Å²) in [6, 6.07) is 0.311. The fraction of sp³-hybridized carbons (Fsp3) is 0.929. The number of hydrogen-bond donors (Lipinski definition) is 1. The Bertz CT molecular complexity index is 428. The summed E-state index contributed by atoms with van der Waals surface area (Å²) in [5.74, 6) is 0.265. The molecule has 6 heteroatoms. The van der Waals surface area contributed by atoms with E-state index in [4.69, 9.17) is 0 Å². The maximum Gasteiger partial charge on any atom is 0.234 e. The van der Waals surface area contributed by atoms with Crippen LogP contribution in [0.3, 0.4) is 0 Å². The first-order valence-electron chi connectivity index (χ1n) is 7.66. The van der Waals surface area contributed by atoms with Crippen LogP contribution in [0, 0.1) is 0 Å². The van der Waals surface area contributed by atoms with Crippen molar-refractivity contribution in [3.05, 3.63) is 0 Å². The average molecular weight is 302 g/mol. The molecule has 1 saturated carbocycles. The van der Waals surface area contributed by atoms with Crippen molar-refractivity contribution in [2.75, 3.05) is 25.1 Å². The van der Waals surface area contributed by atoms with Gasteiger partial charge in [0.1, 0.15) is 0 Å². The molecule has 5 nitrogen and oxygen atoms in total. The number of sulfone groups is 1. The van der Waals surface area contributed by atoms with Gasteiger partial charge in [0.2, 0.25) is 5.91 Å². The number of likely N-dealkylation sites (N-methyl/N-ethyl adjacent to an activating group) is 1. The van der Waals surface area contributed by atoms with Crippen LogP contribution >= 0.6 is 0 Å². The Morgan fingerprint density at radius 1 is 1.15 bits per heavy atom. The lowest BCUT2D eigenvalue weighted by molar-refractivity contribution is -0.123. The minimum absolute atomic E-state index is 0.0427. The zero-order valence-corrected chi connectivity index (χ0v) is 13.1. The lowest BCUT2D eigenvalue weighted by Crippen LogP contribution is -2.44. The predicted molar refractivity (Wildman–Crippen MR) is 79.3 cm³/mol. The number of carbonyl (C=O) groups excluding carboxylic acids is 1. The van der Waals surface area contributed by atoms with Gasteiger partial charge in [-0.15, -0.1) is 0 Å². The van der Waals surface area contributed by atoms with Crippen LogP contribution in [0.2, 0.25) is 0 Å². The summed E-state index contributed by atoms with van der Waals surface area (Å²) in [7, 11) is -0.922. The molecule has 1 N–H and O–H groups in total. The highest BCUT2D eigenvalue weighted by molar-refractivity contribution is 7.91. The van der Waals surface area contributed by atoms with Crippen LogP contribution in [0.5, 0.6) is 0 Å². The van der Waals surface area contributed by atoms with Crippen LogP contribution in [-0.2, 0) is 14.6 Å². The molecular weight excluding hydrogens is 276 g/mol. The molecule has 0 aromatic carbocycles. The number of rotatable bonds is 4. The fourth-order valence-electron chi connectivity index (χ4n) is 3.24. The third-order valence-corrected chi connectivity index (χ3v) is 6.21. The molecule has 0 spiro atoms. The third-order valence-electron chi connectivity index (χ3n) is 4.44. The number of nitrogens with zero attached hydrogens (tertiary/aromatic N) is 1. The summed E-state index contributed by atoms with van der Waals surface area (Å²) >= 11 is 0. The van der Waals surface area contributed by atoms with Crippen molar-refractivity contribution in [2.45, 2.75) is 57.0 Å². The van der Waals surface area contributed by atoms with Gasteiger partial charge >= 0.3 is 0 Å². The molecule has 2 fully saturated rings. The maximum absolute atomic E-state index is 12.0. The zero-order chi connectivity index (χ0) is 14.6. The van der Waals surface area contributed by atoms with E-state index in [1.165, 1.54) is 38.5 Å².